The Morgan fingerprint density at radius 2 is 1.95 bits per heavy atom. The summed E-state index contributed by atoms with van der Waals surface area (Å²) in [7, 11) is 0. The number of aliphatic hydroxyl groups is 1. The Kier molecular flexibility index (Phi) is 5.19. The molecule has 0 fully saturated rings. The number of amides is 2. The molecule has 0 saturated heterocycles. The van der Waals surface area contributed by atoms with Crippen molar-refractivity contribution < 1.29 is 28.6 Å². The van der Waals surface area contributed by atoms with Crippen LogP contribution in [0.25, 0.3) is 0 Å². The summed E-state index contributed by atoms with van der Waals surface area (Å²) < 4.78 is 26.0. The van der Waals surface area contributed by atoms with Gasteiger partial charge in [0.15, 0.2) is 6.10 Å². The van der Waals surface area contributed by atoms with Gasteiger partial charge in [0.1, 0.15) is 11.6 Å². The van der Waals surface area contributed by atoms with Gasteiger partial charge in [-0.2, -0.15) is 0 Å². The number of urea groups is 1. The fraction of sp³-hybridized carbons (Fsp3) is 0.273. The molecule has 8 heteroatoms. The average Bonchev–Trinajstić information content (AvgIpc) is 2.36. The van der Waals surface area contributed by atoms with E-state index in [1.165, 1.54) is 0 Å². The molecule has 0 aliphatic rings. The average molecular weight is 274 g/mol. The van der Waals surface area contributed by atoms with E-state index in [9.17, 15) is 18.4 Å². The summed E-state index contributed by atoms with van der Waals surface area (Å²) in [6, 6.07) is 2.01. The smallest absolute Gasteiger partial charge is 0.334 e. The van der Waals surface area contributed by atoms with Gasteiger partial charge >= 0.3 is 12.0 Å². The molecule has 4 N–H and O–H groups in total. The number of carbonyl (C=O) groups is 2. The van der Waals surface area contributed by atoms with Crippen molar-refractivity contribution in [1.82, 2.24) is 10.6 Å². The first-order valence-corrected chi connectivity index (χ1v) is 5.26. The summed E-state index contributed by atoms with van der Waals surface area (Å²) in [5.74, 6) is -2.79. The minimum atomic E-state index is -1.73. The van der Waals surface area contributed by atoms with Crippen molar-refractivity contribution in [1.29, 1.82) is 0 Å². The molecule has 1 aromatic rings. The molecule has 0 aliphatic carbocycles. The Morgan fingerprint density at radius 1 is 1.26 bits per heavy atom. The lowest BCUT2D eigenvalue weighted by Crippen LogP contribution is -2.41. The number of carboxylic acid groups (broad SMARTS) is 1. The minimum Gasteiger partial charge on any atom is -0.479 e. The highest BCUT2D eigenvalue weighted by molar-refractivity contribution is 5.76. The van der Waals surface area contributed by atoms with Crippen molar-refractivity contribution in [2.45, 2.75) is 12.6 Å². The molecule has 0 radical (unpaired) electrons. The normalized spacial score (nSPS) is 11.7. The molecular formula is C11H12F2N2O4. The van der Waals surface area contributed by atoms with Gasteiger partial charge in [0.05, 0.1) is 6.54 Å². The Hall–Kier alpha value is -2.22. The lowest BCUT2D eigenvalue weighted by molar-refractivity contribution is -0.146. The SMILES string of the molecule is O=C(NCc1cc(F)ccc1F)NC[C@H](O)C(=O)O. The first-order chi connectivity index (χ1) is 8.90. The lowest BCUT2D eigenvalue weighted by atomic mass is 10.2. The maximum absolute atomic E-state index is 13.2. The van der Waals surface area contributed by atoms with Gasteiger partial charge in [0.25, 0.3) is 0 Å². The molecule has 0 aromatic heterocycles. The van der Waals surface area contributed by atoms with Gasteiger partial charge in [-0.1, -0.05) is 0 Å². The first kappa shape index (κ1) is 14.8. The Labute approximate surface area is 107 Å². The van der Waals surface area contributed by atoms with Crippen LogP contribution in [0.3, 0.4) is 0 Å². The van der Waals surface area contributed by atoms with Crippen molar-refractivity contribution >= 4 is 12.0 Å². The monoisotopic (exact) mass is 274 g/mol. The van der Waals surface area contributed by atoms with E-state index in [0.29, 0.717) is 0 Å². The molecule has 1 rings (SSSR count). The number of hydrogen-bond donors (Lipinski definition) is 4. The number of aliphatic carboxylic acids is 1. The van der Waals surface area contributed by atoms with E-state index in [1.807, 2.05) is 0 Å². The van der Waals surface area contributed by atoms with E-state index in [1.54, 1.807) is 0 Å². The molecule has 0 saturated carbocycles. The highest BCUT2D eigenvalue weighted by Gasteiger charge is 2.14. The molecule has 0 heterocycles. The van der Waals surface area contributed by atoms with Gasteiger partial charge in [-0.15, -0.1) is 0 Å². The minimum absolute atomic E-state index is 0.0473. The summed E-state index contributed by atoms with van der Waals surface area (Å²) in [4.78, 5) is 21.5. The molecule has 0 aliphatic heterocycles. The van der Waals surface area contributed by atoms with Crippen LogP contribution in [0.1, 0.15) is 5.56 Å². The van der Waals surface area contributed by atoms with E-state index in [-0.39, 0.29) is 12.1 Å². The van der Waals surface area contributed by atoms with E-state index in [0.717, 1.165) is 18.2 Å². The van der Waals surface area contributed by atoms with Crippen LogP contribution in [-0.4, -0.2) is 34.9 Å². The molecular weight excluding hydrogens is 262 g/mol. The zero-order valence-corrected chi connectivity index (χ0v) is 9.69. The second-order valence-electron chi connectivity index (χ2n) is 3.65. The van der Waals surface area contributed by atoms with Crippen LogP contribution in [-0.2, 0) is 11.3 Å². The quantitative estimate of drug-likeness (QED) is 0.617. The van der Waals surface area contributed by atoms with Crippen LogP contribution in [0.4, 0.5) is 13.6 Å². The first-order valence-electron chi connectivity index (χ1n) is 5.26. The third kappa shape index (κ3) is 4.88. The number of benzene rings is 1. The number of rotatable bonds is 5. The summed E-state index contributed by atoms with van der Waals surface area (Å²) in [6.45, 7) is -0.759. The van der Waals surface area contributed by atoms with Crippen molar-refractivity contribution in [3.63, 3.8) is 0 Å². The van der Waals surface area contributed by atoms with E-state index >= 15 is 0 Å². The highest BCUT2D eigenvalue weighted by Crippen LogP contribution is 2.08. The molecule has 104 valence electrons. The van der Waals surface area contributed by atoms with Crippen LogP contribution < -0.4 is 10.6 Å². The van der Waals surface area contributed by atoms with Crippen molar-refractivity contribution in [2.75, 3.05) is 6.54 Å². The number of carboxylic acids is 1. The van der Waals surface area contributed by atoms with Crippen LogP contribution >= 0.6 is 0 Å². The van der Waals surface area contributed by atoms with Gasteiger partial charge in [0.2, 0.25) is 0 Å². The fourth-order valence-electron chi connectivity index (χ4n) is 1.19. The van der Waals surface area contributed by atoms with Crippen LogP contribution in [0.5, 0.6) is 0 Å². The van der Waals surface area contributed by atoms with Gasteiger partial charge in [-0.25, -0.2) is 18.4 Å². The summed E-state index contributed by atoms with van der Waals surface area (Å²) in [5.41, 5.74) is -0.0473. The predicted octanol–water partition coefficient (Wildman–Crippen LogP) is 0.210. The molecule has 1 aromatic carbocycles. The third-order valence-electron chi connectivity index (χ3n) is 2.19. The molecule has 19 heavy (non-hydrogen) atoms. The maximum atomic E-state index is 13.2. The number of hydrogen-bond acceptors (Lipinski definition) is 3. The second kappa shape index (κ2) is 6.64. The van der Waals surface area contributed by atoms with Gasteiger partial charge in [0, 0.05) is 12.1 Å². The number of aliphatic hydroxyl groups excluding tert-OH is 1. The van der Waals surface area contributed by atoms with Crippen LogP contribution in [0, 0.1) is 11.6 Å². The van der Waals surface area contributed by atoms with Crippen LogP contribution in [0.2, 0.25) is 0 Å². The van der Waals surface area contributed by atoms with Crippen molar-refractivity contribution in [3.8, 4) is 0 Å². The molecule has 1 atom stereocenters. The second-order valence-corrected chi connectivity index (χ2v) is 3.65. The molecule has 0 spiro atoms. The van der Waals surface area contributed by atoms with Gasteiger partial charge in [-0.3, -0.25) is 0 Å². The molecule has 2 amide bonds. The largest absolute Gasteiger partial charge is 0.479 e. The predicted molar refractivity (Wildman–Crippen MR) is 60.2 cm³/mol. The van der Waals surface area contributed by atoms with Crippen molar-refractivity contribution in [3.05, 3.63) is 35.4 Å². The molecule has 0 bridgehead atoms. The molecule has 0 unspecified atom stereocenters. The Bertz CT molecular complexity index is 482. The highest BCUT2D eigenvalue weighted by atomic mass is 19.1. The standard InChI is InChI=1S/C11H12F2N2O4/c12-7-1-2-8(13)6(3-7)4-14-11(19)15-5-9(16)10(17)18/h1-3,9,16H,4-5H2,(H,17,18)(H2,14,15,19)/t9-/m0/s1. The summed E-state index contributed by atoms with van der Waals surface area (Å²) >= 11 is 0. The summed E-state index contributed by atoms with van der Waals surface area (Å²) in [5, 5.41) is 21.5. The van der Waals surface area contributed by atoms with E-state index < -0.39 is 36.3 Å². The van der Waals surface area contributed by atoms with Crippen LogP contribution in [0.15, 0.2) is 18.2 Å². The van der Waals surface area contributed by atoms with Gasteiger partial charge < -0.3 is 20.8 Å². The molecule has 6 nitrogen and oxygen atoms in total. The Morgan fingerprint density at radius 3 is 2.58 bits per heavy atom. The Balaban J connectivity index is 2.42. The van der Waals surface area contributed by atoms with Crippen molar-refractivity contribution in [2.24, 2.45) is 0 Å². The zero-order chi connectivity index (χ0) is 14.4. The topological polar surface area (TPSA) is 98.7 Å². The number of carbonyl (C=O) groups excluding carboxylic acids is 1. The van der Waals surface area contributed by atoms with E-state index in [2.05, 4.69) is 10.6 Å². The third-order valence-corrected chi connectivity index (χ3v) is 2.19. The number of halogens is 2. The lowest BCUT2D eigenvalue weighted by Gasteiger charge is -2.09. The fourth-order valence-corrected chi connectivity index (χ4v) is 1.19. The maximum Gasteiger partial charge on any atom is 0.334 e. The number of nitrogens with one attached hydrogen (secondary N) is 2. The van der Waals surface area contributed by atoms with E-state index in [4.69, 9.17) is 10.2 Å². The van der Waals surface area contributed by atoms with Gasteiger partial charge in [-0.05, 0) is 18.2 Å². The zero-order valence-electron chi connectivity index (χ0n) is 9.69. The summed E-state index contributed by atoms with van der Waals surface area (Å²) in [6.07, 6.45) is -1.73.